The lowest BCUT2D eigenvalue weighted by Crippen LogP contribution is -2.39. The second kappa shape index (κ2) is 9.27. The number of likely N-dealkylation sites (N-methyl/N-ethyl adjacent to an activating group) is 1. The molecule has 0 aliphatic carbocycles. The van der Waals surface area contributed by atoms with E-state index in [4.69, 9.17) is 4.74 Å². The standard InChI is InChI=1S/C19H21F3N2O4S/c1-14-6-3-4-9-17(14)28-11-10-24(2)18(25)13-23-29(26,27)16-8-5-7-15(12-16)19(20,21)22/h3-9,12,23H,10-11,13H2,1-2H3. The number of halogens is 3. The number of alkyl halides is 3. The van der Waals surface area contributed by atoms with E-state index in [9.17, 15) is 26.4 Å². The highest BCUT2D eigenvalue weighted by molar-refractivity contribution is 7.89. The minimum atomic E-state index is -4.67. The highest BCUT2D eigenvalue weighted by Crippen LogP contribution is 2.30. The average Bonchev–Trinajstić information content (AvgIpc) is 2.67. The van der Waals surface area contributed by atoms with Gasteiger partial charge in [-0.15, -0.1) is 0 Å². The van der Waals surface area contributed by atoms with Crippen LogP contribution in [0.2, 0.25) is 0 Å². The van der Waals surface area contributed by atoms with Gasteiger partial charge in [0, 0.05) is 7.05 Å². The van der Waals surface area contributed by atoms with Crippen molar-refractivity contribution in [3.05, 3.63) is 59.7 Å². The number of hydrogen-bond donors (Lipinski definition) is 1. The minimum absolute atomic E-state index is 0.202. The lowest BCUT2D eigenvalue weighted by Gasteiger charge is -2.18. The summed E-state index contributed by atoms with van der Waals surface area (Å²) >= 11 is 0. The van der Waals surface area contributed by atoms with Crippen LogP contribution in [0.1, 0.15) is 11.1 Å². The molecule has 1 amide bonds. The Kier molecular flexibility index (Phi) is 7.26. The third-order valence-corrected chi connectivity index (χ3v) is 5.49. The highest BCUT2D eigenvalue weighted by Gasteiger charge is 2.31. The zero-order chi connectivity index (χ0) is 21.7. The Morgan fingerprint density at radius 3 is 2.48 bits per heavy atom. The fraction of sp³-hybridized carbons (Fsp3) is 0.316. The molecule has 0 saturated carbocycles. The van der Waals surface area contributed by atoms with E-state index in [0.717, 1.165) is 23.8 Å². The molecule has 158 valence electrons. The van der Waals surface area contributed by atoms with Gasteiger partial charge < -0.3 is 9.64 Å². The summed E-state index contributed by atoms with van der Waals surface area (Å²) in [6.45, 7) is 1.71. The van der Waals surface area contributed by atoms with Gasteiger partial charge in [-0.2, -0.15) is 13.2 Å². The Morgan fingerprint density at radius 2 is 1.83 bits per heavy atom. The molecule has 1 N–H and O–H groups in total. The fourth-order valence-corrected chi connectivity index (χ4v) is 3.37. The van der Waals surface area contributed by atoms with Crippen molar-refractivity contribution in [3.63, 3.8) is 0 Å². The number of ether oxygens (including phenoxy) is 1. The molecule has 0 bridgehead atoms. The van der Waals surface area contributed by atoms with Crippen molar-refractivity contribution in [2.24, 2.45) is 0 Å². The Morgan fingerprint density at radius 1 is 1.14 bits per heavy atom. The number of nitrogens with one attached hydrogen (secondary N) is 1. The summed E-state index contributed by atoms with van der Waals surface area (Å²) in [6.07, 6.45) is -4.67. The number of hydrogen-bond acceptors (Lipinski definition) is 4. The van der Waals surface area contributed by atoms with E-state index in [0.29, 0.717) is 11.8 Å². The van der Waals surface area contributed by atoms with Crippen LogP contribution in [0, 0.1) is 6.92 Å². The zero-order valence-electron chi connectivity index (χ0n) is 15.9. The molecule has 0 aliphatic heterocycles. The third-order valence-electron chi connectivity index (χ3n) is 4.09. The number of rotatable bonds is 8. The molecule has 2 aromatic carbocycles. The number of carbonyl (C=O) groups excluding carboxylic acids is 1. The van der Waals surface area contributed by atoms with Gasteiger partial charge in [0.05, 0.1) is 23.5 Å². The van der Waals surface area contributed by atoms with Crippen molar-refractivity contribution < 1.29 is 31.1 Å². The topological polar surface area (TPSA) is 75.7 Å². The Balaban J connectivity index is 1.89. The minimum Gasteiger partial charge on any atom is -0.491 e. The summed E-state index contributed by atoms with van der Waals surface area (Å²) in [4.78, 5) is 12.8. The van der Waals surface area contributed by atoms with E-state index in [2.05, 4.69) is 0 Å². The summed E-state index contributed by atoms with van der Waals surface area (Å²) in [6, 6.07) is 10.7. The summed E-state index contributed by atoms with van der Waals surface area (Å²) in [5, 5.41) is 0. The summed E-state index contributed by atoms with van der Waals surface area (Å²) in [7, 11) is -2.80. The molecule has 0 spiro atoms. The van der Waals surface area contributed by atoms with Crippen LogP contribution in [0.5, 0.6) is 5.75 Å². The number of carbonyl (C=O) groups is 1. The molecule has 29 heavy (non-hydrogen) atoms. The molecule has 0 atom stereocenters. The van der Waals surface area contributed by atoms with Crippen LogP contribution in [0.15, 0.2) is 53.4 Å². The normalized spacial score (nSPS) is 11.9. The molecule has 0 fully saturated rings. The van der Waals surface area contributed by atoms with E-state index in [1.165, 1.54) is 11.9 Å². The van der Waals surface area contributed by atoms with Crippen molar-refractivity contribution in [1.82, 2.24) is 9.62 Å². The molecule has 0 saturated heterocycles. The number of sulfonamides is 1. The molecule has 0 radical (unpaired) electrons. The maximum absolute atomic E-state index is 12.8. The van der Waals surface area contributed by atoms with Gasteiger partial charge in [0.15, 0.2) is 0 Å². The Labute approximate surface area is 167 Å². The van der Waals surface area contributed by atoms with Gasteiger partial charge in [-0.25, -0.2) is 13.1 Å². The van der Waals surface area contributed by atoms with E-state index in [-0.39, 0.29) is 13.2 Å². The van der Waals surface area contributed by atoms with Gasteiger partial charge >= 0.3 is 6.18 Å². The first kappa shape index (κ1) is 22.7. The van der Waals surface area contributed by atoms with E-state index >= 15 is 0 Å². The van der Waals surface area contributed by atoms with Crippen molar-refractivity contribution in [3.8, 4) is 5.75 Å². The van der Waals surface area contributed by atoms with Crippen LogP contribution in [-0.4, -0.2) is 46.0 Å². The summed E-state index contributed by atoms with van der Waals surface area (Å²) in [5.74, 6) is 0.132. The van der Waals surface area contributed by atoms with E-state index < -0.39 is 39.1 Å². The SMILES string of the molecule is Cc1ccccc1OCCN(C)C(=O)CNS(=O)(=O)c1cccc(C(F)(F)F)c1. The second-order valence-corrected chi connectivity index (χ2v) is 8.05. The van der Waals surface area contributed by atoms with Crippen LogP contribution >= 0.6 is 0 Å². The van der Waals surface area contributed by atoms with Gasteiger partial charge in [0.1, 0.15) is 12.4 Å². The predicted molar refractivity (Wildman–Crippen MR) is 101 cm³/mol. The van der Waals surface area contributed by atoms with Gasteiger partial charge in [0.2, 0.25) is 15.9 Å². The molecule has 2 rings (SSSR count). The zero-order valence-corrected chi connectivity index (χ0v) is 16.7. The molecule has 10 heteroatoms. The van der Waals surface area contributed by atoms with Crippen LogP contribution in [0.25, 0.3) is 0 Å². The van der Waals surface area contributed by atoms with Gasteiger partial charge in [-0.3, -0.25) is 4.79 Å². The van der Waals surface area contributed by atoms with Crippen LogP contribution in [0.4, 0.5) is 13.2 Å². The van der Waals surface area contributed by atoms with E-state index in [1.807, 2.05) is 29.8 Å². The molecule has 0 aromatic heterocycles. The summed E-state index contributed by atoms with van der Waals surface area (Å²) < 4.78 is 70.3. The average molecular weight is 430 g/mol. The lowest BCUT2D eigenvalue weighted by atomic mass is 10.2. The van der Waals surface area contributed by atoms with Gasteiger partial charge in [0.25, 0.3) is 0 Å². The van der Waals surface area contributed by atoms with Crippen LogP contribution in [-0.2, 0) is 21.0 Å². The number of amides is 1. The Hall–Kier alpha value is -2.59. The highest BCUT2D eigenvalue weighted by atomic mass is 32.2. The number of nitrogens with zero attached hydrogens (tertiary/aromatic N) is 1. The number of aryl methyl sites for hydroxylation is 1. The van der Waals surface area contributed by atoms with Crippen molar-refractivity contribution in [2.75, 3.05) is 26.7 Å². The first-order valence-corrected chi connectivity index (χ1v) is 10.1. The smallest absolute Gasteiger partial charge is 0.416 e. The summed E-state index contributed by atoms with van der Waals surface area (Å²) in [5.41, 5.74) is -0.146. The molecular weight excluding hydrogens is 409 g/mol. The first-order valence-electron chi connectivity index (χ1n) is 8.60. The molecule has 0 unspecified atom stereocenters. The molecule has 2 aromatic rings. The van der Waals surface area contributed by atoms with Crippen molar-refractivity contribution in [2.45, 2.75) is 18.0 Å². The second-order valence-electron chi connectivity index (χ2n) is 6.28. The quantitative estimate of drug-likeness (QED) is 0.699. The molecular formula is C19H21F3N2O4S. The van der Waals surface area contributed by atoms with Gasteiger partial charge in [-0.05, 0) is 36.8 Å². The largest absolute Gasteiger partial charge is 0.491 e. The molecule has 0 heterocycles. The van der Waals surface area contributed by atoms with Crippen molar-refractivity contribution in [1.29, 1.82) is 0 Å². The Bertz CT molecular complexity index is 962. The first-order chi connectivity index (χ1) is 13.5. The van der Waals surface area contributed by atoms with E-state index in [1.54, 1.807) is 6.07 Å². The fourth-order valence-electron chi connectivity index (χ4n) is 2.35. The maximum Gasteiger partial charge on any atom is 0.416 e. The molecule has 6 nitrogen and oxygen atoms in total. The van der Waals surface area contributed by atoms with Gasteiger partial charge in [-0.1, -0.05) is 24.3 Å². The molecule has 0 aliphatic rings. The number of benzene rings is 2. The third kappa shape index (κ3) is 6.47. The number of para-hydroxylation sites is 1. The maximum atomic E-state index is 12.8. The predicted octanol–water partition coefficient (Wildman–Crippen LogP) is 2.83. The lowest BCUT2D eigenvalue weighted by molar-refractivity contribution is -0.137. The monoisotopic (exact) mass is 430 g/mol. The van der Waals surface area contributed by atoms with Crippen molar-refractivity contribution >= 4 is 15.9 Å². The van der Waals surface area contributed by atoms with Crippen LogP contribution < -0.4 is 9.46 Å². The van der Waals surface area contributed by atoms with Crippen LogP contribution in [0.3, 0.4) is 0 Å².